The number of hydrogen-bond acceptors (Lipinski definition) is 5. The van der Waals surface area contributed by atoms with Gasteiger partial charge in [0.25, 0.3) is 15.9 Å². The molecule has 0 aliphatic carbocycles. The van der Waals surface area contributed by atoms with E-state index in [1.807, 2.05) is 0 Å². The molecule has 0 atom stereocenters. The number of nitrogens with one attached hydrogen (secondary N) is 2. The van der Waals surface area contributed by atoms with Gasteiger partial charge in [-0.3, -0.25) is 4.79 Å². The second-order valence-electron chi connectivity index (χ2n) is 6.46. The van der Waals surface area contributed by atoms with Crippen LogP contribution < -0.4 is 15.7 Å². The molecule has 1 amide bonds. The van der Waals surface area contributed by atoms with E-state index in [1.54, 1.807) is 72.8 Å². The van der Waals surface area contributed by atoms with Gasteiger partial charge in [-0.05, 0) is 36.4 Å². The van der Waals surface area contributed by atoms with Crippen LogP contribution in [0.25, 0.3) is 11.0 Å². The summed E-state index contributed by atoms with van der Waals surface area (Å²) < 4.78 is 30.8. The lowest BCUT2D eigenvalue weighted by Gasteiger charge is -2.08. The third-order valence-corrected chi connectivity index (χ3v) is 5.90. The zero-order valence-electron chi connectivity index (χ0n) is 15.9. The fourth-order valence-corrected chi connectivity index (χ4v) is 3.83. The first-order chi connectivity index (χ1) is 14.9. The third-order valence-electron chi connectivity index (χ3n) is 4.34. The van der Waals surface area contributed by atoms with Gasteiger partial charge in [0.2, 0.25) is 5.55 Å². The number of anilines is 1. The van der Waals surface area contributed by atoms with Crippen LogP contribution in [0, 0.1) is 0 Å². The van der Waals surface area contributed by atoms with Crippen molar-refractivity contribution in [3.63, 3.8) is 0 Å². The normalized spacial score (nSPS) is 12.0. The standard InChI is InChI=1S/C22H16ClN3O4S/c23-18-11-5-6-12-19(18)24-21(27)17-14-15-8-4-7-13-20(15)30-22(17)25-26-31(28,29)16-9-2-1-3-10-16/h1-14,26H,(H,24,27). The maximum atomic E-state index is 13.0. The van der Waals surface area contributed by atoms with E-state index in [0.29, 0.717) is 21.7 Å². The van der Waals surface area contributed by atoms with Gasteiger partial charge in [-0.2, -0.15) is 13.2 Å². The zero-order valence-corrected chi connectivity index (χ0v) is 17.5. The van der Waals surface area contributed by atoms with Crippen molar-refractivity contribution < 1.29 is 17.6 Å². The van der Waals surface area contributed by atoms with Gasteiger partial charge in [0.15, 0.2) is 0 Å². The molecule has 2 N–H and O–H groups in total. The highest BCUT2D eigenvalue weighted by Gasteiger charge is 2.16. The Balaban J connectivity index is 1.77. The van der Waals surface area contributed by atoms with Crippen molar-refractivity contribution in [2.45, 2.75) is 4.90 Å². The Bertz CT molecular complexity index is 1430. The first kappa shape index (κ1) is 20.6. The molecule has 1 heterocycles. The zero-order chi connectivity index (χ0) is 21.8. The van der Waals surface area contributed by atoms with Gasteiger partial charge in [0.05, 0.1) is 15.6 Å². The molecule has 31 heavy (non-hydrogen) atoms. The van der Waals surface area contributed by atoms with Crippen LogP contribution in [-0.2, 0) is 10.0 Å². The van der Waals surface area contributed by atoms with Crippen molar-refractivity contribution in [2.75, 3.05) is 5.32 Å². The number of hydrogen-bond donors (Lipinski definition) is 2. The van der Waals surface area contributed by atoms with Crippen molar-refractivity contribution in [3.05, 3.63) is 101 Å². The highest BCUT2D eigenvalue weighted by molar-refractivity contribution is 7.89. The topological polar surface area (TPSA) is 101 Å². The Kier molecular flexibility index (Phi) is 5.75. The van der Waals surface area contributed by atoms with Crippen LogP contribution in [0.15, 0.2) is 99.3 Å². The van der Waals surface area contributed by atoms with Crippen LogP contribution in [0.1, 0.15) is 10.4 Å². The summed E-state index contributed by atoms with van der Waals surface area (Å²) in [4.78, 5) is 15.1. The van der Waals surface area contributed by atoms with Gasteiger partial charge in [-0.1, -0.05) is 60.1 Å². The molecule has 0 spiro atoms. The predicted octanol–water partition coefficient (Wildman–Crippen LogP) is 4.13. The molecule has 0 unspecified atom stereocenters. The van der Waals surface area contributed by atoms with Crippen LogP contribution in [-0.4, -0.2) is 14.3 Å². The summed E-state index contributed by atoms with van der Waals surface area (Å²) in [7, 11) is -3.95. The van der Waals surface area contributed by atoms with Crippen LogP contribution in [0.3, 0.4) is 0 Å². The lowest BCUT2D eigenvalue weighted by atomic mass is 10.1. The van der Waals surface area contributed by atoms with Gasteiger partial charge in [0.1, 0.15) is 11.1 Å². The number of amides is 1. The Hall–Kier alpha value is -3.62. The van der Waals surface area contributed by atoms with Crippen LogP contribution in [0.5, 0.6) is 0 Å². The van der Waals surface area contributed by atoms with Crippen molar-refractivity contribution in [3.8, 4) is 0 Å². The second-order valence-corrected chi connectivity index (χ2v) is 8.52. The molecule has 1 aromatic heterocycles. The van der Waals surface area contributed by atoms with Gasteiger partial charge in [-0.25, -0.2) is 0 Å². The number of halogens is 1. The van der Waals surface area contributed by atoms with Crippen molar-refractivity contribution in [2.24, 2.45) is 5.10 Å². The fraction of sp³-hybridized carbons (Fsp3) is 0. The molecule has 0 aliphatic rings. The Morgan fingerprint density at radius 3 is 2.35 bits per heavy atom. The maximum absolute atomic E-state index is 13.0. The number of carbonyl (C=O) groups is 1. The van der Waals surface area contributed by atoms with E-state index >= 15 is 0 Å². The number of para-hydroxylation sites is 2. The highest BCUT2D eigenvalue weighted by Crippen LogP contribution is 2.21. The van der Waals surface area contributed by atoms with Gasteiger partial charge >= 0.3 is 0 Å². The number of sulfonamides is 1. The molecule has 4 aromatic rings. The number of benzene rings is 3. The SMILES string of the molecule is O=C(Nc1ccccc1Cl)c1cc2ccccc2oc1=NNS(=O)(=O)c1ccccc1. The Morgan fingerprint density at radius 2 is 1.58 bits per heavy atom. The maximum Gasteiger partial charge on any atom is 0.276 e. The first-order valence-corrected chi connectivity index (χ1v) is 11.0. The average molecular weight is 454 g/mol. The van der Waals surface area contributed by atoms with E-state index in [4.69, 9.17) is 16.0 Å². The molecule has 4 rings (SSSR count). The Labute approximate surface area is 183 Å². The van der Waals surface area contributed by atoms with E-state index in [9.17, 15) is 13.2 Å². The number of nitrogens with zero attached hydrogens (tertiary/aromatic N) is 1. The predicted molar refractivity (Wildman–Crippen MR) is 118 cm³/mol. The van der Waals surface area contributed by atoms with E-state index in [2.05, 4.69) is 15.2 Å². The quantitative estimate of drug-likeness (QED) is 0.443. The van der Waals surface area contributed by atoms with Crippen LogP contribution >= 0.6 is 11.6 Å². The molecule has 0 aliphatic heterocycles. The molecule has 0 bridgehead atoms. The van der Waals surface area contributed by atoms with Crippen LogP contribution in [0.4, 0.5) is 5.69 Å². The molecule has 0 fully saturated rings. The molecule has 0 saturated heterocycles. The molecular weight excluding hydrogens is 438 g/mol. The lowest BCUT2D eigenvalue weighted by molar-refractivity contribution is 0.102. The summed E-state index contributed by atoms with van der Waals surface area (Å²) in [5.74, 6) is -0.555. The summed E-state index contributed by atoms with van der Waals surface area (Å²) in [5, 5.41) is 7.59. The number of carbonyl (C=O) groups excluding carboxylic acids is 1. The molecule has 0 saturated carbocycles. The summed E-state index contributed by atoms with van der Waals surface area (Å²) in [6, 6.07) is 23.1. The first-order valence-electron chi connectivity index (χ1n) is 9.13. The van der Waals surface area contributed by atoms with Crippen molar-refractivity contribution in [1.29, 1.82) is 0 Å². The minimum atomic E-state index is -3.95. The minimum Gasteiger partial charge on any atom is -0.436 e. The average Bonchev–Trinajstić information content (AvgIpc) is 2.79. The number of rotatable bonds is 5. The van der Waals surface area contributed by atoms with Gasteiger partial charge < -0.3 is 9.73 Å². The lowest BCUT2D eigenvalue weighted by Crippen LogP contribution is -2.27. The van der Waals surface area contributed by atoms with Crippen LogP contribution in [0.2, 0.25) is 5.02 Å². The van der Waals surface area contributed by atoms with Gasteiger partial charge in [-0.15, -0.1) is 5.10 Å². The largest absolute Gasteiger partial charge is 0.436 e. The highest BCUT2D eigenvalue weighted by atomic mass is 35.5. The van der Waals surface area contributed by atoms with Crippen molar-refractivity contribution in [1.82, 2.24) is 4.83 Å². The molecule has 3 aromatic carbocycles. The minimum absolute atomic E-state index is 0.0293. The smallest absolute Gasteiger partial charge is 0.276 e. The monoisotopic (exact) mass is 453 g/mol. The van der Waals surface area contributed by atoms with Crippen molar-refractivity contribution >= 4 is 44.2 Å². The molecular formula is C22H16ClN3O4S. The molecule has 9 heteroatoms. The summed E-state index contributed by atoms with van der Waals surface area (Å²) in [5.41, 5.74) is 0.685. The molecule has 7 nitrogen and oxygen atoms in total. The Morgan fingerprint density at radius 1 is 0.903 bits per heavy atom. The second kappa shape index (κ2) is 8.63. The summed E-state index contributed by atoms with van der Waals surface area (Å²) in [6.07, 6.45) is 0. The number of fused-ring (bicyclic) bond motifs is 1. The third kappa shape index (κ3) is 4.60. The summed E-state index contributed by atoms with van der Waals surface area (Å²) in [6.45, 7) is 0. The molecule has 0 radical (unpaired) electrons. The van der Waals surface area contributed by atoms with E-state index in [1.165, 1.54) is 12.1 Å². The molecule has 156 valence electrons. The summed E-state index contributed by atoms with van der Waals surface area (Å²) >= 11 is 6.13. The van der Waals surface area contributed by atoms with E-state index in [0.717, 1.165) is 0 Å². The fourth-order valence-electron chi connectivity index (χ4n) is 2.82. The van der Waals surface area contributed by atoms with E-state index < -0.39 is 15.9 Å². The van der Waals surface area contributed by atoms with Gasteiger partial charge in [0, 0.05) is 5.39 Å². The van der Waals surface area contributed by atoms with E-state index in [-0.39, 0.29) is 16.0 Å².